The van der Waals surface area contributed by atoms with Gasteiger partial charge >= 0.3 is 0 Å². The van der Waals surface area contributed by atoms with E-state index < -0.39 is 5.91 Å². The highest BCUT2D eigenvalue weighted by Crippen LogP contribution is 2.19. The minimum absolute atomic E-state index is 0.376. The van der Waals surface area contributed by atoms with E-state index in [1.54, 1.807) is 12.3 Å². The van der Waals surface area contributed by atoms with Gasteiger partial charge in [0, 0.05) is 38.1 Å². The van der Waals surface area contributed by atoms with Crippen LogP contribution in [0.3, 0.4) is 0 Å². The zero-order valence-electron chi connectivity index (χ0n) is 11.0. The third-order valence-corrected chi connectivity index (χ3v) is 3.42. The molecular formula is C14H20N4O. The Balaban J connectivity index is 1.96. The summed E-state index contributed by atoms with van der Waals surface area (Å²) in [6.45, 7) is 6.78. The van der Waals surface area contributed by atoms with E-state index in [1.165, 1.54) is 6.20 Å². The maximum Gasteiger partial charge on any atom is 0.252 e. The Morgan fingerprint density at radius 1 is 1.58 bits per heavy atom. The number of likely N-dealkylation sites (tertiary alicyclic amines) is 1. The molecule has 1 amide bonds. The molecule has 1 aliphatic rings. The molecule has 0 bridgehead atoms. The van der Waals surface area contributed by atoms with E-state index in [9.17, 15) is 4.79 Å². The lowest BCUT2D eigenvalue weighted by atomic mass is 10.0. The minimum atomic E-state index is -0.445. The highest BCUT2D eigenvalue weighted by molar-refractivity contribution is 5.98. The van der Waals surface area contributed by atoms with Gasteiger partial charge in [0.25, 0.3) is 5.91 Å². The summed E-state index contributed by atoms with van der Waals surface area (Å²) < 4.78 is 0. The number of piperidine rings is 1. The van der Waals surface area contributed by atoms with Crippen molar-refractivity contribution in [3.63, 3.8) is 0 Å². The molecule has 19 heavy (non-hydrogen) atoms. The summed E-state index contributed by atoms with van der Waals surface area (Å²) >= 11 is 0. The molecule has 0 atom stereocenters. The summed E-state index contributed by atoms with van der Waals surface area (Å²) in [7, 11) is 0. The fourth-order valence-electron chi connectivity index (χ4n) is 2.38. The Hall–Kier alpha value is -1.88. The third-order valence-electron chi connectivity index (χ3n) is 3.42. The van der Waals surface area contributed by atoms with Gasteiger partial charge in [-0.2, -0.15) is 0 Å². The monoisotopic (exact) mass is 260 g/mol. The highest BCUT2D eigenvalue weighted by atomic mass is 16.1. The fourth-order valence-corrected chi connectivity index (χ4v) is 2.38. The van der Waals surface area contributed by atoms with E-state index in [0.29, 0.717) is 11.6 Å². The zero-order valence-corrected chi connectivity index (χ0v) is 11.0. The van der Waals surface area contributed by atoms with E-state index in [1.807, 2.05) is 6.08 Å². The van der Waals surface area contributed by atoms with Crippen LogP contribution in [0, 0.1) is 0 Å². The van der Waals surface area contributed by atoms with E-state index >= 15 is 0 Å². The van der Waals surface area contributed by atoms with Gasteiger partial charge in [0.05, 0.1) is 11.3 Å². The molecule has 0 aromatic carbocycles. The second-order valence-electron chi connectivity index (χ2n) is 4.79. The van der Waals surface area contributed by atoms with E-state index in [-0.39, 0.29) is 0 Å². The van der Waals surface area contributed by atoms with Crippen LogP contribution in [-0.4, -0.2) is 41.5 Å². The lowest BCUT2D eigenvalue weighted by molar-refractivity contribution is 0.100. The van der Waals surface area contributed by atoms with Crippen molar-refractivity contribution in [1.29, 1.82) is 0 Å². The predicted octanol–water partition coefficient (Wildman–Crippen LogP) is 1.24. The number of carbonyl (C=O) groups excluding carboxylic acids is 1. The molecule has 1 saturated heterocycles. The lowest BCUT2D eigenvalue weighted by Crippen LogP contribution is -2.39. The number of carbonyl (C=O) groups is 1. The molecule has 5 heteroatoms. The second-order valence-corrected chi connectivity index (χ2v) is 4.79. The topological polar surface area (TPSA) is 71.2 Å². The van der Waals surface area contributed by atoms with Gasteiger partial charge in [-0.1, -0.05) is 6.08 Å². The van der Waals surface area contributed by atoms with Crippen LogP contribution >= 0.6 is 0 Å². The van der Waals surface area contributed by atoms with Crippen molar-refractivity contribution in [2.24, 2.45) is 5.73 Å². The summed E-state index contributed by atoms with van der Waals surface area (Å²) in [6.07, 6.45) is 7.21. The number of hydrogen-bond acceptors (Lipinski definition) is 4. The van der Waals surface area contributed by atoms with Gasteiger partial charge in [0.15, 0.2) is 0 Å². The van der Waals surface area contributed by atoms with E-state index in [4.69, 9.17) is 5.73 Å². The number of anilines is 1. The molecule has 0 aliphatic carbocycles. The van der Waals surface area contributed by atoms with Gasteiger partial charge in [-0.15, -0.1) is 6.58 Å². The van der Waals surface area contributed by atoms with Crippen molar-refractivity contribution in [2.45, 2.75) is 18.9 Å². The fraction of sp³-hybridized carbons (Fsp3) is 0.429. The molecule has 2 rings (SSSR count). The maximum absolute atomic E-state index is 11.3. The summed E-state index contributed by atoms with van der Waals surface area (Å²) in [5.74, 6) is -0.445. The number of hydrogen-bond donors (Lipinski definition) is 2. The molecular weight excluding hydrogens is 240 g/mol. The minimum Gasteiger partial charge on any atom is -0.381 e. The first-order valence-corrected chi connectivity index (χ1v) is 6.54. The number of nitrogens with one attached hydrogen (secondary N) is 1. The number of amides is 1. The molecule has 1 aliphatic heterocycles. The van der Waals surface area contributed by atoms with Crippen molar-refractivity contribution >= 4 is 11.6 Å². The van der Waals surface area contributed by atoms with Crippen molar-refractivity contribution in [3.05, 3.63) is 36.7 Å². The van der Waals surface area contributed by atoms with Gasteiger partial charge in [-0.25, -0.2) is 0 Å². The predicted molar refractivity (Wildman–Crippen MR) is 76.0 cm³/mol. The molecule has 102 valence electrons. The van der Waals surface area contributed by atoms with Gasteiger partial charge < -0.3 is 11.1 Å². The molecule has 5 nitrogen and oxygen atoms in total. The number of nitrogens with zero attached hydrogens (tertiary/aromatic N) is 2. The number of nitrogens with two attached hydrogens (primary N) is 1. The molecule has 1 aromatic rings. The zero-order chi connectivity index (χ0) is 13.7. The van der Waals surface area contributed by atoms with Gasteiger partial charge in [-0.3, -0.25) is 14.7 Å². The standard InChI is InChI=1S/C14H20N4O/c1-2-7-18-8-4-11(5-9-18)17-13-3-6-16-10-12(13)14(15)19/h2-3,6,10-11H,1,4-5,7-9H2,(H2,15,19)(H,16,17). The van der Waals surface area contributed by atoms with Crippen molar-refractivity contribution in [3.8, 4) is 0 Å². The summed E-state index contributed by atoms with van der Waals surface area (Å²) in [5, 5.41) is 3.40. The molecule has 0 spiro atoms. The first-order chi connectivity index (χ1) is 9.20. The van der Waals surface area contributed by atoms with Gasteiger partial charge in [0.2, 0.25) is 0 Å². The van der Waals surface area contributed by atoms with Crippen LogP contribution in [0.2, 0.25) is 0 Å². The van der Waals surface area contributed by atoms with Crippen molar-refractivity contribution in [1.82, 2.24) is 9.88 Å². The number of aromatic nitrogens is 1. The van der Waals surface area contributed by atoms with Crippen molar-refractivity contribution in [2.75, 3.05) is 25.0 Å². The second kappa shape index (κ2) is 6.33. The Labute approximate surface area is 113 Å². The summed E-state index contributed by atoms with van der Waals surface area (Å²) in [5.41, 5.74) is 6.58. The van der Waals surface area contributed by atoms with Crippen LogP contribution in [-0.2, 0) is 0 Å². The molecule has 1 aromatic heterocycles. The molecule has 1 fully saturated rings. The lowest BCUT2D eigenvalue weighted by Gasteiger charge is -2.32. The van der Waals surface area contributed by atoms with Crippen LogP contribution < -0.4 is 11.1 Å². The molecule has 0 saturated carbocycles. The van der Waals surface area contributed by atoms with Crippen molar-refractivity contribution < 1.29 is 4.79 Å². The Morgan fingerprint density at radius 3 is 2.95 bits per heavy atom. The Morgan fingerprint density at radius 2 is 2.32 bits per heavy atom. The normalized spacial score (nSPS) is 17.1. The van der Waals surface area contributed by atoms with Gasteiger partial charge in [0.1, 0.15) is 0 Å². The molecule has 0 radical (unpaired) electrons. The smallest absolute Gasteiger partial charge is 0.252 e. The van der Waals surface area contributed by atoms with Crippen LogP contribution in [0.15, 0.2) is 31.1 Å². The maximum atomic E-state index is 11.3. The quantitative estimate of drug-likeness (QED) is 0.781. The van der Waals surface area contributed by atoms with Crippen LogP contribution in [0.1, 0.15) is 23.2 Å². The number of pyridine rings is 1. The number of rotatable bonds is 5. The summed E-state index contributed by atoms with van der Waals surface area (Å²) in [6, 6.07) is 2.18. The molecule has 3 N–H and O–H groups in total. The first-order valence-electron chi connectivity index (χ1n) is 6.54. The average molecular weight is 260 g/mol. The Bertz CT molecular complexity index is 453. The van der Waals surface area contributed by atoms with Gasteiger partial charge in [-0.05, 0) is 18.9 Å². The van der Waals surface area contributed by atoms with E-state index in [2.05, 4.69) is 21.8 Å². The first kappa shape index (κ1) is 13.5. The summed E-state index contributed by atoms with van der Waals surface area (Å²) in [4.78, 5) is 17.6. The van der Waals surface area contributed by atoms with Crippen LogP contribution in [0.4, 0.5) is 5.69 Å². The SMILES string of the molecule is C=CCN1CCC(Nc2ccncc2C(N)=O)CC1. The van der Waals surface area contributed by atoms with Crippen LogP contribution in [0.5, 0.6) is 0 Å². The third kappa shape index (κ3) is 3.54. The number of primary amides is 1. The highest BCUT2D eigenvalue weighted by Gasteiger charge is 2.19. The molecule has 0 unspecified atom stereocenters. The van der Waals surface area contributed by atoms with Crippen LogP contribution in [0.25, 0.3) is 0 Å². The Kier molecular flexibility index (Phi) is 4.52. The molecule has 2 heterocycles. The average Bonchev–Trinajstić information content (AvgIpc) is 2.42. The largest absolute Gasteiger partial charge is 0.381 e. The van der Waals surface area contributed by atoms with E-state index in [0.717, 1.165) is 38.2 Å².